The molecule has 0 saturated carbocycles. The maximum Gasteiger partial charge on any atom is 0.250 e. The third kappa shape index (κ3) is 4.47. The maximum atomic E-state index is 12.5. The fourth-order valence-electron chi connectivity index (χ4n) is 2.35. The van der Waals surface area contributed by atoms with Gasteiger partial charge in [-0.1, -0.05) is 41.9 Å². The van der Waals surface area contributed by atoms with E-state index in [0.29, 0.717) is 16.6 Å². The van der Waals surface area contributed by atoms with Crippen LogP contribution in [0.3, 0.4) is 0 Å². The van der Waals surface area contributed by atoms with Crippen LogP contribution in [0.2, 0.25) is 5.02 Å². The molecule has 2 aromatic carbocycles. The van der Waals surface area contributed by atoms with Crippen LogP contribution in [0.1, 0.15) is 15.9 Å². The number of halogens is 1. The largest absolute Gasteiger partial charge is 0.366 e. The zero-order valence-electron chi connectivity index (χ0n) is 13.7. The molecule has 3 N–H and O–H groups in total. The molecular weight excluding hydrogens is 370 g/mol. The number of nitrogens with two attached hydrogens (primary N) is 1. The van der Waals surface area contributed by atoms with Crippen LogP contribution >= 0.6 is 11.6 Å². The van der Waals surface area contributed by atoms with E-state index < -0.39 is 16.7 Å². The molecule has 7 heteroatoms. The van der Waals surface area contributed by atoms with Crippen molar-refractivity contribution in [3.8, 4) is 0 Å². The molecule has 1 unspecified atom stereocenters. The molecule has 5 nitrogen and oxygen atoms in total. The highest BCUT2D eigenvalue weighted by Crippen LogP contribution is 2.25. The number of amides is 1. The summed E-state index contributed by atoms with van der Waals surface area (Å²) >= 11 is 6.15. The average molecular weight is 386 g/mol. The van der Waals surface area contributed by atoms with Crippen molar-refractivity contribution in [1.29, 1.82) is 0 Å². The minimum atomic E-state index is -1.12. The normalized spacial score (nSPS) is 11.7. The van der Waals surface area contributed by atoms with Crippen LogP contribution in [0, 0.1) is 0 Å². The molecule has 0 spiro atoms. The van der Waals surface area contributed by atoms with E-state index >= 15 is 0 Å². The lowest BCUT2D eigenvalue weighted by molar-refractivity contribution is 0.1000. The molecule has 26 heavy (non-hydrogen) atoms. The third-order valence-electron chi connectivity index (χ3n) is 3.62. The van der Waals surface area contributed by atoms with Crippen molar-refractivity contribution in [2.24, 2.45) is 5.73 Å². The average Bonchev–Trinajstić information content (AvgIpc) is 2.64. The Balaban J connectivity index is 1.75. The van der Waals surface area contributed by atoms with Crippen LogP contribution in [-0.4, -0.2) is 15.1 Å². The van der Waals surface area contributed by atoms with E-state index in [0.717, 1.165) is 16.1 Å². The van der Waals surface area contributed by atoms with Crippen molar-refractivity contribution < 1.29 is 9.00 Å². The minimum absolute atomic E-state index is 0.243. The first-order valence-corrected chi connectivity index (χ1v) is 9.47. The number of benzene rings is 2. The number of hydrogen-bond donors (Lipinski definition) is 2. The van der Waals surface area contributed by atoms with E-state index in [2.05, 4.69) is 10.3 Å². The third-order valence-corrected chi connectivity index (χ3v) is 5.30. The summed E-state index contributed by atoms with van der Waals surface area (Å²) < 4.78 is 12.5. The number of rotatable bonds is 6. The molecule has 1 atom stereocenters. The van der Waals surface area contributed by atoms with Crippen molar-refractivity contribution in [1.82, 2.24) is 4.98 Å². The standard InChI is InChI=1S/C19H16ClN3O2S/c20-17-10-14(18(21)24)11-22-19(17)23-15-6-4-5-13(9-15)12-26(25)16-7-2-1-3-8-16/h1-11H,12H2,(H2,21,24)(H,22,23). The van der Waals surface area contributed by atoms with Gasteiger partial charge in [0.1, 0.15) is 5.82 Å². The highest BCUT2D eigenvalue weighted by atomic mass is 35.5. The van der Waals surface area contributed by atoms with Crippen molar-refractivity contribution in [3.63, 3.8) is 0 Å². The zero-order chi connectivity index (χ0) is 18.5. The van der Waals surface area contributed by atoms with E-state index in [1.165, 1.54) is 12.3 Å². The topological polar surface area (TPSA) is 85.1 Å². The van der Waals surface area contributed by atoms with Crippen molar-refractivity contribution in [3.05, 3.63) is 83.0 Å². The van der Waals surface area contributed by atoms with Gasteiger partial charge >= 0.3 is 0 Å². The van der Waals surface area contributed by atoms with Gasteiger partial charge in [-0.25, -0.2) is 4.98 Å². The van der Waals surface area contributed by atoms with Crippen LogP contribution in [0.4, 0.5) is 11.5 Å². The fraction of sp³-hybridized carbons (Fsp3) is 0.0526. The van der Waals surface area contributed by atoms with Crippen LogP contribution in [0.5, 0.6) is 0 Å². The smallest absolute Gasteiger partial charge is 0.250 e. The van der Waals surface area contributed by atoms with Gasteiger partial charge in [0.15, 0.2) is 0 Å². The Kier molecular flexibility index (Phi) is 5.65. The summed E-state index contributed by atoms with van der Waals surface area (Å²) in [5.74, 6) is 0.232. The van der Waals surface area contributed by atoms with Crippen LogP contribution in [0.25, 0.3) is 0 Å². The van der Waals surface area contributed by atoms with E-state index in [-0.39, 0.29) is 5.56 Å². The van der Waals surface area contributed by atoms with Gasteiger partial charge in [-0.05, 0) is 35.9 Å². The second kappa shape index (κ2) is 8.12. The summed E-state index contributed by atoms with van der Waals surface area (Å²) in [5.41, 5.74) is 7.13. The number of aromatic nitrogens is 1. The summed E-state index contributed by atoms with van der Waals surface area (Å²) in [6.45, 7) is 0. The molecule has 1 aromatic heterocycles. The Morgan fingerprint density at radius 3 is 2.58 bits per heavy atom. The molecule has 0 aliphatic carbocycles. The summed E-state index contributed by atoms with van der Waals surface area (Å²) in [6, 6.07) is 18.3. The fourth-order valence-corrected chi connectivity index (χ4v) is 3.67. The predicted octanol–water partition coefficient (Wildman–Crippen LogP) is 3.89. The van der Waals surface area contributed by atoms with Crippen LogP contribution < -0.4 is 11.1 Å². The van der Waals surface area contributed by atoms with Crippen molar-refractivity contribution in [2.75, 3.05) is 5.32 Å². The molecule has 132 valence electrons. The van der Waals surface area contributed by atoms with Gasteiger partial charge in [-0.3, -0.25) is 9.00 Å². The summed E-state index contributed by atoms with van der Waals surface area (Å²) in [7, 11) is -1.12. The predicted molar refractivity (Wildman–Crippen MR) is 104 cm³/mol. The number of primary amides is 1. The van der Waals surface area contributed by atoms with Gasteiger partial charge in [0.2, 0.25) is 5.91 Å². The minimum Gasteiger partial charge on any atom is -0.366 e. The lowest BCUT2D eigenvalue weighted by Gasteiger charge is -2.10. The van der Waals surface area contributed by atoms with Crippen molar-refractivity contribution >= 4 is 39.8 Å². The second-order valence-electron chi connectivity index (χ2n) is 5.55. The number of carbonyl (C=O) groups is 1. The Labute approximate surface area is 158 Å². The second-order valence-corrected chi connectivity index (χ2v) is 7.41. The Morgan fingerprint density at radius 1 is 1.12 bits per heavy atom. The molecule has 0 radical (unpaired) electrons. The van der Waals surface area contributed by atoms with Crippen LogP contribution in [-0.2, 0) is 16.6 Å². The maximum absolute atomic E-state index is 12.5. The quantitative estimate of drug-likeness (QED) is 0.674. The van der Waals surface area contributed by atoms with Gasteiger partial charge in [0, 0.05) is 16.8 Å². The van der Waals surface area contributed by atoms with E-state index in [4.69, 9.17) is 17.3 Å². The number of nitrogens with zero attached hydrogens (tertiary/aromatic N) is 1. The number of carbonyl (C=O) groups excluding carboxylic acids is 1. The first-order valence-electron chi connectivity index (χ1n) is 7.77. The van der Waals surface area contributed by atoms with Gasteiger partial charge in [-0.15, -0.1) is 0 Å². The van der Waals surface area contributed by atoms with Gasteiger partial charge in [0.05, 0.1) is 27.1 Å². The van der Waals surface area contributed by atoms with Crippen LogP contribution in [0.15, 0.2) is 71.8 Å². The lowest BCUT2D eigenvalue weighted by atomic mass is 10.2. The molecule has 0 bridgehead atoms. The highest BCUT2D eigenvalue weighted by Gasteiger charge is 2.09. The summed E-state index contributed by atoms with van der Waals surface area (Å²) in [4.78, 5) is 16.1. The Morgan fingerprint density at radius 2 is 1.88 bits per heavy atom. The molecule has 3 aromatic rings. The molecular formula is C19H16ClN3O2S. The monoisotopic (exact) mass is 385 g/mol. The molecule has 0 aliphatic rings. The van der Waals surface area contributed by atoms with Crippen molar-refractivity contribution in [2.45, 2.75) is 10.6 Å². The molecule has 1 amide bonds. The van der Waals surface area contributed by atoms with Gasteiger partial charge in [0.25, 0.3) is 0 Å². The SMILES string of the molecule is NC(=O)c1cnc(Nc2cccc(CS(=O)c3ccccc3)c2)c(Cl)c1. The number of anilines is 2. The summed E-state index contributed by atoms with van der Waals surface area (Å²) in [5, 5.41) is 3.39. The zero-order valence-corrected chi connectivity index (χ0v) is 15.3. The van der Waals surface area contributed by atoms with E-state index in [1.54, 1.807) is 0 Å². The summed E-state index contributed by atoms with van der Waals surface area (Å²) in [6.07, 6.45) is 1.37. The Hall–Kier alpha value is -2.70. The Bertz CT molecular complexity index is 964. The molecule has 0 fully saturated rings. The number of pyridine rings is 1. The molecule has 1 heterocycles. The van der Waals surface area contributed by atoms with E-state index in [9.17, 15) is 9.00 Å². The first kappa shape index (κ1) is 18.1. The molecule has 0 saturated heterocycles. The first-order chi connectivity index (χ1) is 12.5. The van der Waals surface area contributed by atoms with Gasteiger partial charge < -0.3 is 11.1 Å². The van der Waals surface area contributed by atoms with E-state index in [1.807, 2.05) is 54.6 Å². The lowest BCUT2D eigenvalue weighted by Crippen LogP contribution is -2.11. The molecule has 3 rings (SSSR count). The highest BCUT2D eigenvalue weighted by molar-refractivity contribution is 7.84. The number of hydrogen-bond acceptors (Lipinski definition) is 4. The molecule has 0 aliphatic heterocycles. The number of nitrogens with one attached hydrogen (secondary N) is 1. The van der Waals surface area contributed by atoms with Gasteiger partial charge in [-0.2, -0.15) is 0 Å².